The van der Waals surface area contributed by atoms with Gasteiger partial charge in [0.1, 0.15) is 22.6 Å². The molecule has 0 aliphatic heterocycles. The number of hydrogen-bond donors (Lipinski definition) is 1. The number of halogens is 1. The number of rotatable bonds is 3. The third kappa shape index (κ3) is 3.11. The molecule has 0 radical (unpaired) electrons. The molecule has 3 heterocycles. The lowest BCUT2D eigenvalue weighted by atomic mass is 10.1. The maximum absolute atomic E-state index is 6.04. The Morgan fingerprint density at radius 1 is 0.962 bits per heavy atom. The molecule has 0 spiro atoms. The summed E-state index contributed by atoms with van der Waals surface area (Å²) in [4.78, 5) is 13.2. The van der Waals surface area contributed by atoms with Crippen LogP contribution in [0.1, 0.15) is 17.1 Å². The summed E-state index contributed by atoms with van der Waals surface area (Å²) in [7, 11) is 0. The van der Waals surface area contributed by atoms with E-state index in [4.69, 9.17) is 16.6 Å². The van der Waals surface area contributed by atoms with Crippen molar-refractivity contribution in [1.82, 2.24) is 24.7 Å². The van der Waals surface area contributed by atoms with Crippen LogP contribution in [0.2, 0.25) is 5.15 Å². The lowest BCUT2D eigenvalue weighted by molar-refractivity contribution is 0.842. The van der Waals surface area contributed by atoms with Gasteiger partial charge in [0.15, 0.2) is 5.82 Å². The number of fused-ring (bicyclic) bond motifs is 1. The predicted octanol–water partition coefficient (Wildman–Crippen LogP) is 4.53. The molecule has 0 bridgehead atoms. The van der Waals surface area contributed by atoms with Crippen molar-refractivity contribution >= 4 is 34.1 Å². The molecule has 26 heavy (non-hydrogen) atoms. The van der Waals surface area contributed by atoms with E-state index in [-0.39, 0.29) is 0 Å². The van der Waals surface area contributed by atoms with Gasteiger partial charge in [-0.2, -0.15) is 9.78 Å². The van der Waals surface area contributed by atoms with E-state index in [2.05, 4.69) is 33.4 Å². The Kier molecular flexibility index (Phi) is 4.05. The Hall–Kier alpha value is -2.99. The maximum atomic E-state index is 6.04. The zero-order valence-electron chi connectivity index (χ0n) is 14.7. The van der Waals surface area contributed by atoms with Gasteiger partial charge in [0, 0.05) is 17.5 Å². The highest BCUT2D eigenvalue weighted by molar-refractivity contribution is 6.29. The number of pyridine rings is 1. The Bertz CT molecular complexity index is 1100. The Labute approximate surface area is 155 Å². The molecule has 0 fully saturated rings. The third-order valence-corrected chi connectivity index (χ3v) is 4.21. The maximum Gasteiger partial charge on any atom is 0.156 e. The lowest BCUT2D eigenvalue weighted by Gasteiger charge is -2.11. The van der Waals surface area contributed by atoms with Crippen molar-refractivity contribution in [3.05, 3.63) is 64.7 Å². The molecule has 7 heteroatoms. The predicted molar refractivity (Wildman–Crippen MR) is 103 cm³/mol. The van der Waals surface area contributed by atoms with Gasteiger partial charge in [-0.05, 0) is 38.5 Å². The van der Waals surface area contributed by atoms with Gasteiger partial charge >= 0.3 is 0 Å². The molecular formula is C19H17ClN6. The average Bonchev–Trinajstić information content (AvgIpc) is 2.94. The van der Waals surface area contributed by atoms with Crippen LogP contribution < -0.4 is 5.32 Å². The molecule has 0 atom stereocenters. The molecule has 1 N–H and O–H groups in total. The van der Waals surface area contributed by atoms with Crippen molar-refractivity contribution in [1.29, 1.82) is 0 Å². The molecule has 4 rings (SSSR count). The Morgan fingerprint density at radius 3 is 2.58 bits per heavy atom. The van der Waals surface area contributed by atoms with Crippen molar-refractivity contribution in [2.75, 3.05) is 5.32 Å². The number of benzene rings is 1. The van der Waals surface area contributed by atoms with Gasteiger partial charge in [-0.1, -0.05) is 29.8 Å². The molecule has 0 saturated heterocycles. The largest absolute Gasteiger partial charge is 0.325 e. The number of aryl methyl sites for hydroxylation is 3. The molecule has 130 valence electrons. The van der Waals surface area contributed by atoms with E-state index in [0.29, 0.717) is 16.8 Å². The van der Waals surface area contributed by atoms with Gasteiger partial charge in [-0.25, -0.2) is 15.0 Å². The number of anilines is 2. The first-order valence-corrected chi connectivity index (χ1v) is 8.59. The van der Waals surface area contributed by atoms with Gasteiger partial charge in [-0.3, -0.25) is 0 Å². The third-order valence-electron chi connectivity index (χ3n) is 4.02. The van der Waals surface area contributed by atoms with Crippen molar-refractivity contribution in [3.63, 3.8) is 0 Å². The molecule has 0 aliphatic rings. The molecule has 0 saturated carbocycles. The van der Waals surface area contributed by atoms with Crippen LogP contribution in [-0.2, 0) is 0 Å². The summed E-state index contributed by atoms with van der Waals surface area (Å²) >= 11 is 6.04. The quantitative estimate of drug-likeness (QED) is 0.541. The minimum absolute atomic E-state index is 0.391. The number of para-hydroxylation sites is 1. The van der Waals surface area contributed by atoms with E-state index < -0.39 is 0 Å². The zero-order valence-corrected chi connectivity index (χ0v) is 15.4. The smallest absolute Gasteiger partial charge is 0.156 e. The first-order chi connectivity index (χ1) is 12.5. The molecule has 0 aliphatic carbocycles. The van der Waals surface area contributed by atoms with Crippen molar-refractivity contribution in [2.24, 2.45) is 0 Å². The molecule has 4 aromatic rings. The normalized spacial score (nSPS) is 11.1. The number of aromatic nitrogens is 5. The van der Waals surface area contributed by atoms with Crippen molar-refractivity contribution in [2.45, 2.75) is 20.8 Å². The van der Waals surface area contributed by atoms with E-state index in [1.54, 1.807) is 17.7 Å². The highest BCUT2D eigenvalue weighted by Gasteiger charge is 2.12. The standard InChI is InChI=1S/C19H17ClN6/c1-11-8-18(23-15-7-5-4-6-14(11)15)26-19(9-12(2)25-26)24-17-10-16(20)21-13(3)22-17/h4-10H,1-3H3,(H,21,22,24). The minimum Gasteiger partial charge on any atom is -0.325 e. The highest BCUT2D eigenvalue weighted by Crippen LogP contribution is 2.24. The fraction of sp³-hybridized carbons (Fsp3) is 0.158. The van der Waals surface area contributed by atoms with Crippen molar-refractivity contribution in [3.8, 4) is 5.82 Å². The monoisotopic (exact) mass is 364 g/mol. The molecule has 0 unspecified atom stereocenters. The summed E-state index contributed by atoms with van der Waals surface area (Å²) in [5, 5.41) is 9.37. The van der Waals surface area contributed by atoms with E-state index in [1.807, 2.05) is 37.3 Å². The van der Waals surface area contributed by atoms with E-state index in [0.717, 1.165) is 33.8 Å². The second-order valence-electron chi connectivity index (χ2n) is 6.15. The second kappa shape index (κ2) is 6.38. The van der Waals surface area contributed by atoms with Gasteiger partial charge in [0.25, 0.3) is 0 Å². The minimum atomic E-state index is 0.391. The van der Waals surface area contributed by atoms with Crippen LogP contribution in [-0.4, -0.2) is 24.7 Å². The van der Waals surface area contributed by atoms with Gasteiger partial charge in [0.05, 0.1) is 11.2 Å². The van der Waals surface area contributed by atoms with Gasteiger partial charge in [0.2, 0.25) is 0 Å². The lowest BCUT2D eigenvalue weighted by Crippen LogP contribution is -2.06. The Balaban J connectivity index is 1.81. The summed E-state index contributed by atoms with van der Waals surface area (Å²) in [5.74, 6) is 2.72. The molecule has 1 aromatic carbocycles. The molecule has 3 aromatic heterocycles. The number of hydrogen-bond acceptors (Lipinski definition) is 5. The summed E-state index contributed by atoms with van der Waals surface area (Å²) in [6.07, 6.45) is 0. The molecular weight excluding hydrogens is 348 g/mol. The van der Waals surface area contributed by atoms with Gasteiger partial charge in [-0.15, -0.1) is 0 Å². The second-order valence-corrected chi connectivity index (χ2v) is 6.53. The van der Waals surface area contributed by atoms with E-state index >= 15 is 0 Å². The average molecular weight is 365 g/mol. The number of nitrogens with one attached hydrogen (secondary N) is 1. The SMILES string of the molecule is Cc1cc(Nc2cc(Cl)nc(C)n2)n(-c2cc(C)c3ccccc3n2)n1. The van der Waals surface area contributed by atoms with Crippen LogP contribution in [0.4, 0.5) is 11.6 Å². The van der Waals surface area contributed by atoms with Crippen molar-refractivity contribution < 1.29 is 0 Å². The fourth-order valence-corrected chi connectivity index (χ4v) is 3.16. The summed E-state index contributed by atoms with van der Waals surface area (Å²) in [5.41, 5.74) is 2.95. The van der Waals surface area contributed by atoms with Crippen LogP contribution in [0.25, 0.3) is 16.7 Å². The summed E-state index contributed by atoms with van der Waals surface area (Å²) in [6.45, 7) is 5.81. The summed E-state index contributed by atoms with van der Waals surface area (Å²) < 4.78 is 1.78. The number of nitrogens with zero attached hydrogens (tertiary/aromatic N) is 5. The van der Waals surface area contributed by atoms with Gasteiger partial charge < -0.3 is 5.32 Å². The Morgan fingerprint density at radius 2 is 1.77 bits per heavy atom. The van der Waals surface area contributed by atoms with Crippen LogP contribution in [0, 0.1) is 20.8 Å². The molecule has 6 nitrogen and oxygen atoms in total. The zero-order chi connectivity index (χ0) is 18.3. The van der Waals surface area contributed by atoms with Crippen LogP contribution >= 0.6 is 11.6 Å². The van der Waals surface area contributed by atoms with E-state index in [9.17, 15) is 0 Å². The first-order valence-electron chi connectivity index (χ1n) is 8.21. The highest BCUT2D eigenvalue weighted by atomic mass is 35.5. The van der Waals surface area contributed by atoms with E-state index in [1.165, 1.54) is 0 Å². The topological polar surface area (TPSA) is 68.5 Å². The summed E-state index contributed by atoms with van der Waals surface area (Å²) in [6, 6.07) is 13.7. The van der Waals surface area contributed by atoms with Crippen LogP contribution in [0.5, 0.6) is 0 Å². The van der Waals surface area contributed by atoms with Crippen LogP contribution in [0.15, 0.2) is 42.5 Å². The van der Waals surface area contributed by atoms with Crippen LogP contribution in [0.3, 0.4) is 0 Å². The fourth-order valence-electron chi connectivity index (χ4n) is 2.93. The molecule has 0 amide bonds. The first kappa shape index (κ1) is 16.5.